The maximum atomic E-state index is 13.6. The van der Waals surface area contributed by atoms with Crippen LogP contribution in [-0.2, 0) is 4.74 Å². The van der Waals surface area contributed by atoms with E-state index in [1.807, 2.05) is 51.4 Å². The first kappa shape index (κ1) is 26.7. The van der Waals surface area contributed by atoms with Gasteiger partial charge in [0.25, 0.3) is 5.91 Å². The molecule has 37 heavy (non-hydrogen) atoms. The molecule has 196 valence electrons. The highest BCUT2D eigenvalue weighted by molar-refractivity contribution is 6.31. The average Bonchev–Trinajstić information content (AvgIpc) is 3.25. The standard InChI is InChI=1S/C28H32ClFN4O3/c1-17-6-9-24(18(2)14-17)34-25(19-10-12-33(13-11-19)27(36)37-28(3,4)5)21(16-31-34)26(35)32-20-7-8-23(30)22(29)15-20/h6-9,14-16,19H,10-13H2,1-5H3,(H,32,35). The number of hydrogen-bond acceptors (Lipinski definition) is 4. The number of nitrogens with one attached hydrogen (secondary N) is 1. The monoisotopic (exact) mass is 526 g/mol. The SMILES string of the molecule is Cc1ccc(-n2ncc(C(=O)Nc3ccc(F)c(Cl)c3)c2C2CCN(C(=O)OC(C)(C)C)CC2)c(C)c1. The van der Waals surface area contributed by atoms with Gasteiger partial charge in [0.05, 0.1) is 28.2 Å². The minimum atomic E-state index is -0.565. The summed E-state index contributed by atoms with van der Waals surface area (Å²) in [5.41, 5.74) is 4.09. The Morgan fingerprint density at radius 3 is 2.43 bits per heavy atom. The summed E-state index contributed by atoms with van der Waals surface area (Å²) in [6.07, 6.45) is 2.53. The molecule has 0 saturated carbocycles. The Morgan fingerprint density at radius 1 is 1.11 bits per heavy atom. The summed E-state index contributed by atoms with van der Waals surface area (Å²) >= 11 is 5.90. The number of amides is 2. The predicted octanol–water partition coefficient (Wildman–Crippen LogP) is 6.65. The van der Waals surface area contributed by atoms with Crippen molar-refractivity contribution in [1.82, 2.24) is 14.7 Å². The summed E-state index contributed by atoms with van der Waals surface area (Å²) < 4.78 is 21.0. The first-order valence-electron chi connectivity index (χ1n) is 12.3. The van der Waals surface area contributed by atoms with Crippen LogP contribution in [0, 0.1) is 19.7 Å². The van der Waals surface area contributed by atoms with E-state index < -0.39 is 11.4 Å². The molecule has 1 saturated heterocycles. The molecular formula is C28H32ClFN4O3. The lowest BCUT2D eigenvalue weighted by molar-refractivity contribution is 0.0203. The van der Waals surface area contributed by atoms with Gasteiger partial charge in [0.1, 0.15) is 11.4 Å². The molecule has 1 aliphatic rings. The van der Waals surface area contributed by atoms with Gasteiger partial charge in [-0.15, -0.1) is 0 Å². The van der Waals surface area contributed by atoms with Gasteiger partial charge >= 0.3 is 6.09 Å². The van der Waals surface area contributed by atoms with Gasteiger partial charge < -0.3 is 15.0 Å². The Kier molecular flexibility index (Phi) is 7.59. The second-order valence-electron chi connectivity index (χ2n) is 10.5. The van der Waals surface area contributed by atoms with Gasteiger partial charge in [-0.1, -0.05) is 29.3 Å². The number of piperidine rings is 1. The molecule has 1 aliphatic heterocycles. The van der Waals surface area contributed by atoms with Gasteiger partial charge in [-0.3, -0.25) is 4.79 Å². The van der Waals surface area contributed by atoms with Crippen molar-refractivity contribution >= 4 is 29.3 Å². The minimum Gasteiger partial charge on any atom is -0.444 e. The van der Waals surface area contributed by atoms with Crippen LogP contribution < -0.4 is 5.32 Å². The van der Waals surface area contributed by atoms with E-state index in [2.05, 4.69) is 16.5 Å². The lowest BCUT2D eigenvalue weighted by Gasteiger charge is -2.34. The maximum Gasteiger partial charge on any atom is 0.410 e. The number of benzene rings is 2. The van der Waals surface area contributed by atoms with Crippen LogP contribution in [0.5, 0.6) is 0 Å². The molecule has 4 rings (SSSR count). The van der Waals surface area contributed by atoms with Crippen molar-refractivity contribution in [3.05, 3.63) is 75.8 Å². The smallest absolute Gasteiger partial charge is 0.410 e. The summed E-state index contributed by atoms with van der Waals surface area (Å²) in [7, 11) is 0. The molecule has 2 amide bonds. The lowest BCUT2D eigenvalue weighted by atomic mass is 9.90. The zero-order chi connectivity index (χ0) is 26.9. The van der Waals surface area contributed by atoms with E-state index in [4.69, 9.17) is 16.3 Å². The molecule has 2 heterocycles. The van der Waals surface area contributed by atoms with E-state index >= 15 is 0 Å². The fraction of sp³-hybridized carbons (Fsp3) is 0.393. The highest BCUT2D eigenvalue weighted by Gasteiger charge is 2.32. The number of carbonyl (C=O) groups is 2. The molecule has 1 fully saturated rings. The molecule has 3 aromatic rings. The molecule has 0 radical (unpaired) electrons. The van der Waals surface area contributed by atoms with Gasteiger partial charge in [0.15, 0.2) is 0 Å². The van der Waals surface area contributed by atoms with E-state index in [1.54, 1.807) is 11.1 Å². The van der Waals surface area contributed by atoms with Crippen molar-refractivity contribution < 1.29 is 18.7 Å². The molecule has 1 N–H and O–H groups in total. The van der Waals surface area contributed by atoms with Crippen LogP contribution in [0.2, 0.25) is 5.02 Å². The maximum absolute atomic E-state index is 13.6. The number of aryl methyl sites for hydroxylation is 2. The van der Waals surface area contributed by atoms with Crippen LogP contribution >= 0.6 is 11.6 Å². The Bertz CT molecular complexity index is 1320. The Balaban J connectivity index is 1.65. The first-order chi connectivity index (χ1) is 17.4. The topological polar surface area (TPSA) is 76.5 Å². The quantitative estimate of drug-likeness (QED) is 0.413. The molecule has 1 aromatic heterocycles. The van der Waals surface area contributed by atoms with E-state index in [-0.39, 0.29) is 22.9 Å². The summed E-state index contributed by atoms with van der Waals surface area (Å²) in [4.78, 5) is 27.7. The van der Waals surface area contributed by atoms with Crippen molar-refractivity contribution in [3.63, 3.8) is 0 Å². The molecule has 0 spiro atoms. The minimum absolute atomic E-state index is 0.0144. The highest BCUT2D eigenvalue weighted by atomic mass is 35.5. The number of nitrogens with zero attached hydrogens (tertiary/aromatic N) is 3. The largest absolute Gasteiger partial charge is 0.444 e. The van der Waals surface area contributed by atoms with Crippen LogP contribution in [0.4, 0.5) is 14.9 Å². The predicted molar refractivity (Wildman–Crippen MR) is 142 cm³/mol. The van der Waals surface area contributed by atoms with Crippen molar-refractivity contribution in [2.75, 3.05) is 18.4 Å². The lowest BCUT2D eigenvalue weighted by Crippen LogP contribution is -2.41. The van der Waals surface area contributed by atoms with Crippen molar-refractivity contribution in [2.24, 2.45) is 0 Å². The highest BCUT2D eigenvalue weighted by Crippen LogP contribution is 2.34. The van der Waals surface area contributed by atoms with Gasteiger partial charge in [0.2, 0.25) is 0 Å². The third-order valence-electron chi connectivity index (χ3n) is 6.34. The fourth-order valence-electron chi connectivity index (χ4n) is 4.59. The fourth-order valence-corrected chi connectivity index (χ4v) is 4.78. The zero-order valence-corrected chi connectivity index (χ0v) is 22.5. The van der Waals surface area contributed by atoms with Gasteiger partial charge in [0, 0.05) is 24.7 Å². The van der Waals surface area contributed by atoms with Crippen LogP contribution in [-0.4, -0.2) is 45.4 Å². The summed E-state index contributed by atoms with van der Waals surface area (Å²) in [5.74, 6) is -0.928. The van der Waals surface area contributed by atoms with Gasteiger partial charge in [-0.25, -0.2) is 13.9 Å². The van der Waals surface area contributed by atoms with E-state index in [9.17, 15) is 14.0 Å². The summed E-state index contributed by atoms with van der Waals surface area (Å²) in [6, 6.07) is 10.1. The van der Waals surface area contributed by atoms with E-state index in [0.717, 1.165) is 22.5 Å². The Hall–Kier alpha value is -3.39. The normalized spacial score (nSPS) is 14.5. The second kappa shape index (κ2) is 10.5. The van der Waals surface area contributed by atoms with E-state index in [0.29, 0.717) is 37.2 Å². The molecule has 2 aromatic carbocycles. The summed E-state index contributed by atoms with van der Waals surface area (Å²) in [6.45, 7) is 10.6. The average molecular weight is 527 g/mol. The first-order valence-corrected chi connectivity index (χ1v) is 12.7. The summed E-state index contributed by atoms with van der Waals surface area (Å²) in [5, 5.41) is 7.36. The third kappa shape index (κ3) is 6.13. The number of rotatable bonds is 4. The molecule has 0 bridgehead atoms. The Morgan fingerprint density at radius 2 is 1.81 bits per heavy atom. The van der Waals surface area contributed by atoms with Crippen LogP contribution in [0.1, 0.15) is 66.7 Å². The number of hydrogen-bond donors (Lipinski definition) is 1. The van der Waals surface area contributed by atoms with Crippen LogP contribution in [0.25, 0.3) is 5.69 Å². The number of aromatic nitrogens is 2. The van der Waals surface area contributed by atoms with Gasteiger partial charge in [-0.2, -0.15) is 5.10 Å². The van der Waals surface area contributed by atoms with Gasteiger partial charge in [-0.05, 0) is 77.3 Å². The Labute approximate surface area is 221 Å². The number of likely N-dealkylation sites (tertiary alicyclic amines) is 1. The molecule has 9 heteroatoms. The van der Waals surface area contributed by atoms with Crippen molar-refractivity contribution in [1.29, 1.82) is 0 Å². The van der Waals surface area contributed by atoms with Crippen LogP contribution in [0.3, 0.4) is 0 Å². The van der Waals surface area contributed by atoms with Crippen molar-refractivity contribution in [2.45, 2.75) is 59.0 Å². The molecule has 0 atom stereocenters. The number of ether oxygens (including phenoxy) is 1. The zero-order valence-electron chi connectivity index (χ0n) is 21.8. The molecule has 0 aliphatic carbocycles. The molecule has 7 nitrogen and oxygen atoms in total. The third-order valence-corrected chi connectivity index (χ3v) is 6.63. The number of halogens is 2. The number of carbonyl (C=O) groups excluding carboxylic acids is 2. The van der Waals surface area contributed by atoms with Crippen LogP contribution in [0.15, 0.2) is 42.6 Å². The number of anilines is 1. The second-order valence-corrected chi connectivity index (χ2v) is 10.9. The molecule has 0 unspecified atom stereocenters. The van der Waals surface area contributed by atoms with E-state index in [1.165, 1.54) is 18.2 Å². The molecular weight excluding hydrogens is 495 g/mol. The van der Waals surface area contributed by atoms with Crippen molar-refractivity contribution in [3.8, 4) is 5.69 Å².